The van der Waals surface area contributed by atoms with Gasteiger partial charge >= 0.3 is 0 Å². The molecule has 0 amide bonds. The molecular weight excluding hydrogens is 184 g/mol. The van der Waals surface area contributed by atoms with Gasteiger partial charge in [-0.15, -0.1) is 0 Å². The van der Waals surface area contributed by atoms with E-state index in [0.717, 1.165) is 24.0 Å². The van der Waals surface area contributed by atoms with Crippen LogP contribution in [0.15, 0.2) is 35.9 Å². The monoisotopic (exact) mass is 198 g/mol. The topological polar surface area (TPSA) is 17.1 Å². The van der Waals surface area contributed by atoms with Gasteiger partial charge in [0, 0.05) is 12.0 Å². The van der Waals surface area contributed by atoms with Gasteiger partial charge in [0.2, 0.25) is 0 Å². The fourth-order valence-corrected chi connectivity index (χ4v) is 2.93. The number of hydrogen-bond acceptors (Lipinski definition) is 1. The first kappa shape index (κ1) is 8.90. The zero-order valence-corrected chi connectivity index (χ0v) is 8.70. The molecule has 1 unspecified atom stereocenters. The van der Waals surface area contributed by atoms with E-state index >= 15 is 0 Å². The first-order valence-corrected chi connectivity index (χ1v) is 5.68. The summed E-state index contributed by atoms with van der Waals surface area (Å²) in [5.41, 5.74) is 3.60. The summed E-state index contributed by atoms with van der Waals surface area (Å²) in [6, 6.07) is 10.1. The predicted molar refractivity (Wildman–Crippen MR) is 60.3 cm³/mol. The van der Waals surface area contributed by atoms with Crippen LogP contribution in [0.4, 0.5) is 0 Å². The summed E-state index contributed by atoms with van der Waals surface area (Å²) < 4.78 is 0. The van der Waals surface area contributed by atoms with E-state index in [4.69, 9.17) is 0 Å². The second-order valence-electron chi connectivity index (χ2n) is 4.48. The average molecular weight is 198 g/mol. The molecule has 2 aliphatic carbocycles. The van der Waals surface area contributed by atoms with E-state index in [-0.39, 0.29) is 0 Å². The quantitative estimate of drug-likeness (QED) is 0.677. The van der Waals surface area contributed by atoms with Crippen LogP contribution >= 0.6 is 0 Å². The summed E-state index contributed by atoms with van der Waals surface area (Å²) in [4.78, 5) is 11.9. The van der Waals surface area contributed by atoms with Crippen molar-refractivity contribution in [2.45, 2.75) is 25.7 Å². The smallest absolute Gasteiger partial charge is 0.164 e. The molecule has 0 aromatic heterocycles. The molecule has 0 N–H and O–H groups in total. The van der Waals surface area contributed by atoms with Crippen molar-refractivity contribution in [3.63, 3.8) is 0 Å². The van der Waals surface area contributed by atoms with Gasteiger partial charge in [-0.1, -0.05) is 35.9 Å². The van der Waals surface area contributed by atoms with Crippen molar-refractivity contribution in [2.24, 2.45) is 5.92 Å². The highest BCUT2D eigenvalue weighted by Crippen LogP contribution is 2.45. The fourth-order valence-electron chi connectivity index (χ4n) is 2.93. The first-order valence-electron chi connectivity index (χ1n) is 5.68. The fraction of sp³-hybridized carbons (Fsp3) is 0.357. The summed E-state index contributed by atoms with van der Waals surface area (Å²) in [6.45, 7) is 0. The lowest BCUT2D eigenvalue weighted by atomic mass is 10.0. The van der Waals surface area contributed by atoms with E-state index in [1.54, 1.807) is 0 Å². The van der Waals surface area contributed by atoms with E-state index in [1.807, 2.05) is 18.2 Å². The number of carbonyl (C=O) groups excluding carboxylic acids is 1. The third kappa shape index (κ3) is 1.34. The lowest BCUT2D eigenvalue weighted by molar-refractivity contribution is -0.113. The second kappa shape index (κ2) is 3.34. The molecule has 0 heterocycles. The molecule has 1 atom stereocenters. The van der Waals surface area contributed by atoms with Crippen molar-refractivity contribution in [2.75, 3.05) is 0 Å². The number of Topliss-reactive ketones (excluding diaryl/α,β-unsaturated/α-hetero) is 1. The summed E-state index contributed by atoms with van der Waals surface area (Å²) in [5.74, 6) is 0.939. The average Bonchev–Trinajstić information content (AvgIpc) is 2.78. The highest BCUT2D eigenvalue weighted by Gasteiger charge is 2.35. The predicted octanol–water partition coefficient (Wildman–Crippen LogP) is 3.21. The van der Waals surface area contributed by atoms with Crippen LogP contribution in [0, 0.1) is 5.92 Å². The van der Waals surface area contributed by atoms with E-state index in [9.17, 15) is 4.79 Å². The molecule has 0 bridgehead atoms. The van der Waals surface area contributed by atoms with Crippen molar-refractivity contribution < 1.29 is 4.79 Å². The zero-order chi connectivity index (χ0) is 10.3. The molecule has 15 heavy (non-hydrogen) atoms. The molecule has 0 radical (unpaired) electrons. The normalized spacial score (nSPS) is 24.8. The van der Waals surface area contributed by atoms with Gasteiger partial charge in [0.15, 0.2) is 5.78 Å². The number of rotatable bonds is 1. The minimum Gasteiger partial charge on any atom is -0.294 e. The van der Waals surface area contributed by atoms with Crippen LogP contribution < -0.4 is 0 Å². The Morgan fingerprint density at radius 3 is 2.73 bits per heavy atom. The van der Waals surface area contributed by atoms with Crippen LogP contribution in [0.25, 0.3) is 5.57 Å². The lowest BCUT2D eigenvalue weighted by Gasteiger charge is -2.03. The molecule has 1 nitrogen and oxygen atoms in total. The molecule has 3 rings (SSSR count). The molecule has 0 spiro atoms. The Balaban J connectivity index is 2.11. The third-order valence-corrected chi connectivity index (χ3v) is 3.59. The van der Waals surface area contributed by atoms with E-state index in [1.165, 1.54) is 18.4 Å². The molecule has 0 saturated heterocycles. The van der Waals surface area contributed by atoms with Crippen LogP contribution in [0.2, 0.25) is 0 Å². The van der Waals surface area contributed by atoms with Crippen molar-refractivity contribution in [1.29, 1.82) is 0 Å². The maximum Gasteiger partial charge on any atom is 0.164 e. The third-order valence-electron chi connectivity index (χ3n) is 3.59. The lowest BCUT2D eigenvalue weighted by Crippen LogP contribution is -1.97. The molecule has 1 fully saturated rings. The maximum atomic E-state index is 11.9. The van der Waals surface area contributed by atoms with Gasteiger partial charge in [0.25, 0.3) is 0 Å². The molecule has 1 heteroatoms. The van der Waals surface area contributed by atoms with Crippen molar-refractivity contribution >= 4 is 11.4 Å². The van der Waals surface area contributed by atoms with Gasteiger partial charge in [0.1, 0.15) is 0 Å². The van der Waals surface area contributed by atoms with Crippen LogP contribution in [-0.4, -0.2) is 5.78 Å². The van der Waals surface area contributed by atoms with Gasteiger partial charge in [-0.05, 0) is 30.7 Å². The van der Waals surface area contributed by atoms with Crippen molar-refractivity contribution in [1.82, 2.24) is 0 Å². The standard InChI is InChI=1S/C14H14O/c15-13-9-11-7-4-8-12(11)14(13)10-5-2-1-3-6-10/h1-3,5-6,11H,4,7-9H2. The Hall–Kier alpha value is -1.37. The maximum absolute atomic E-state index is 11.9. The first-order chi connectivity index (χ1) is 7.36. The minimum atomic E-state index is 0.362. The van der Waals surface area contributed by atoms with Crippen LogP contribution in [0.5, 0.6) is 0 Å². The summed E-state index contributed by atoms with van der Waals surface area (Å²) in [6.07, 6.45) is 4.39. The number of benzene rings is 1. The molecular formula is C14H14O. The SMILES string of the molecule is O=C1CC2CCCC2=C1c1ccccc1. The number of ketones is 1. The molecule has 2 aliphatic rings. The number of fused-ring (bicyclic) bond motifs is 1. The van der Waals surface area contributed by atoms with Gasteiger partial charge in [-0.3, -0.25) is 4.79 Å². The Labute approximate surface area is 89.8 Å². The van der Waals surface area contributed by atoms with Gasteiger partial charge in [-0.2, -0.15) is 0 Å². The second-order valence-corrected chi connectivity index (χ2v) is 4.48. The molecule has 1 aromatic rings. The highest BCUT2D eigenvalue weighted by atomic mass is 16.1. The van der Waals surface area contributed by atoms with Crippen molar-refractivity contribution in [3.05, 3.63) is 41.5 Å². The molecule has 0 aliphatic heterocycles. The van der Waals surface area contributed by atoms with E-state index in [2.05, 4.69) is 12.1 Å². The van der Waals surface area contributed by atoms with Gasteiger partial charge < -0.3 is 0 Å². The van der Waals surface area contributed by atoms with Gasteiger partial charge in [0.05, 0.1) is 0 Å². The Kier molecular flexibility index (Phi) is 1.98. The van der Waals surface area contributed by atoms with E-state index < -0.39 is 0 Å². The van der Waals surface area contributed by atoms with Crippen LogP contribution in [0.1, 0.15) is 31.2 Å². The Bertz CT molecular complexity index is 428. The molecule has 1 saturated carbocycles. The van der Waals surface area contributed by atoms with Crippen LogP contribution in [0.3, 0.4) is 0 Å². The Morgan fingerprint density at radius 1 is 1.13 bits per heavy atom. The number of hydrogen-bond donors (Lipinski definition) is 0. The largest absolute Gasteiger partial charge is 0.294 e. The minimum absolute atomic E-state index is 0.362. The van der Waals surface area contributed by atoms with Crippen molar-refractivity contribution in [3.8, 4) is 0 Å². The van der Waals surface area contributed by atoms with Gasteiger partial charge in [-0.25, -0.2) is 0 Å². The summed E-state index contributed by atoms with van der Waals surface area (Å²) in [7, 11) is 0. The molecule has 1 aromatic carbocycles. The Morgan fingerprint density at radius 2 is 1.93 bits per heavy atom. The summed E-state index contributed by atoms with van der Waals surface area (Å²) >= 11 is 0. The van der Waals surface area contributed by atoms with E-state index in [0.29, 0.717) is 11.7 Å². The highest BCUT2D eigenvalue weighted by molar-refractivity contribution is 6.24. The molecule has 76 valence electrons. The number of allylic oxidation sites excluding steroid dienone is 2. The number of carbonyl (C=O) groups is 1. The van der Waals surface area contributed by atoms with Crippen LogP contribution in [-0.2, 0) is 4.79 Å². The zero-order valence-electron chi connectivity index (χ0n) is 8.70. The summed E-state index contributed by atoms with van der Waals surface area (Å²) in [5, 5.41) is 0.